The van der Waals surface area contributed by atoms with E-state index >= 15 is 0 Å². The molecule has 1 nitrogen and oxygen atoms in total. The molecule has 0 spiro atoms. The smallest absolute Gasteiger partial charge is 0.00690 e. The van der Waals surface area contributed by atoms with Crippen molar-refractivity contribution >= 4 is 10.8 Å². The van der Waals surface area contributed by atoms with Crippen molar-refractivity contribution in [3.05, 3.63) is 47.0 Å². The average Bonchev–Trinajstić information content (AvgIpc) is 2.75. The lowest BCUT2D eigenvalue weighted by Crippen LogP contribution is -2.22. The molecule has 0 saturated heterocycles. The van der Waals surface area contributed by atoms with Crippen LogP contribution in [0, 0.1) is 0 Å². The van der Waals surface area contributed by atoms with Crippen LogP contribution in [-0.4, -0.2) is 6.54 Å². The van der Waals surface area contributed by atoms with E-state index in [1.54, 1.807) is 0 Å². The predicted molar refractivity (Wildman–Crippen MR) is 78.1 cm³/mol. The lowest BCUT2D eigenvalue weighted by molar-refractivity contribution is 0.491. The van der Waals surface area contributed by atoms with Crippen LogP contribution in [0.1, 0.15) is 37.0 Å². The van der Waals surface area contributed by atoms with E-state index in [2.05, 4.69) is 44.2 Å². The molecule has 2 N–H and O–H groups in total. The summed E-state index contributed by atoms with van der Waals surface area (Å²) in [6.07, 6.45) is 3.44. The molecule has 0 aliphatic heterocycles. The Balaban J connectivity index is 2.27. The van der Waals surface area contributed by atoms with Crippen molar-refractivity contribution in [2.75, 3.05) is 6.54 Å². The molecule has 3 rings (SSSR count). The Kier molecular flexibility index (Phi) is 2.67. The zero-order valence-corrected chi connectivity index (χ0v) is 11.3. The SMILES string of the molecule is CC(C)(CCN)c1ccc2c3c(cccc13)CC2. The molecule has 2 aromatic carbocycles. The molecule has 2 aromatic rings. The van der Waals surface area contributed by atoms with Crippen molar-refractivity contribution in [3.8, 4) is 0 Å². The number of nitrogens with two attached hydrogens (primary N) is 1. The minimum Gasteiger partial charge on any atom is -0.330 e. The standard InChI is InChI=1S/C17H21N/c1-17(2,10-11-18)15-9-8-13-7-6-12-4-3-5-14(15)16(12)13/h3-5,8-9H,6-7,10-11,18H2,1-2H3. The third-order valence-corrected chi connectivity index (χ3v) is 4.38. The summed E-state index contributed by atoms with van der Waals surface area (Å²) in [7, 11) is 0. The van der Waals surface area contributed by atoms with Crippen molar-refractivity contribution in [2.45, 2.75) is 38.5 Å². The van der Waals surface area contributed by atoms with Crippen LogP contribution in [0.4, 0.5) is 0 Å². The first kappa shape index (κ1) is 11.7. The van der Waals surface area contributed by atoms with Gasteiger partial charge in [0.05, 0.1) is 0 Å². The first-order valence-electron chi connectivity index (χ1n) is 6.87. The second kappa shape index (κ2) is 4.10. The molecule has 0 unspecified atom stereocenters. The molecule has 1 aliphatic rings. The molecule has 18 heavy (non-hydrogen) atoms. The van der Waals surface area contributed by atoms with Gasteiger partial charge < -0.3 is 5.73 Å². The van der Waals surface area contributed by atoms with Crippen LogP contribution in [0.25, 0.3) is 10.8 Å². The molecule has 1 aliphatic carbocycles. The minimum atomic E-state index is 0.161. The highest BCUT2D eigenvalue weighted by Crippen LogP contribution is 2.38. The van der Waals surface area contributed by atoms with Gasteiger partial charge in [0.15, 0.2) is 0 Å². The zero-order valence-electron chi connectivity index (χ0n) is 11.3. The maximum Gasteiger partial charge on any atom is -0.00690 e. The molecule has 0 aromatic heterocycles. The van der Waals surface area contributed by atoms with Crippen molar-refractivity contribution < 1.29 is 0 Å². The normalized spacial score (nSPS) is 14.4. The number of rotatable bonds is 3. The Morgan fingerprint density at radius 3 is 2.50 bits per heavy atom. The lowest BCUT2D eigenvalue weighted by Gasteiger charge is -2.26. The van der Waals surface area contributed by atoms with Crippen LogP contribution >= 0.6 is 0 Å². The molecule has 0 atom stereocenters. The van der Waals surface area contributed by atoms with Gasteiger partial charge in [-0.15, -0.1) is 0 Å². The van der Waals surface area contributed by atoms with E-state index in [0.29, 0.717) is 0 Å². The Morgan fingerprint density at radius 2 is 1.78 bits per heavy atom. The summed E-state index contributed by atoms with van der Waals surface area (Å²) in [5, 5.41) is 2.96. The molecule has 0 fully saturated rings. The summed E-state index contributed by atoms with van der Waals surface area (Å²) in [5.74, 6) is 0. The van der Waals surface area contributed by atoms with E-state index in [1.165, 1.54) is 40.3 Å². The highest BCUT2D eigenvalue weighted by Gasteiger charge is 2.24. The Morgan fingerprint density at radius 1 is 1.06 bits per heavy atom. The Labute approximate surface area is 109 Å². The van der Waals surface area contributed by atoms with Crippen molar-refractivity contribution in [1.29, 1.82) is 0 Å². The summed E-state index contributed by atoms with van der Waals surface area (Å²) in [6.45, 7) is 5.35. The summed E-state index contributed by atoms with van der Waals surface area (Å²) >= 11 is 0. The van der Waals surface area contributed by atoms with E-state index in [4.69, 9.17) is 5.73 Å². The average molecular weight is 239 g/mol. The zero-order chi connectivity index (χ0) is 12.8. The first-order valence-corrected chi connectivity index (χ1v) is 6.87. The highest BCUT2D eigenvalue weighted by molar-refractivity contribution is 5.93. The lowest BCUT2D eigenvalue weighted by atomic mass is 9.78. The summed E-state index contributed by atoms with van der Waals surface area (Å²) in [5.41, 5.74) is 10.4. The van der Waals surface area contributed by atoms with Crippen molar-refractivity contribution in [2.24, 2.45) is 5.73 Å². The van der Waals surface area contributed by atoms with E-state index in [0.717, 1.165) is 13.0 Å². The van der Waals surface area contributed by atoms with Crippen molar-refractivity contribution in [1.82, 2.24) is 0 Å². The van der Waals surface area contributed by atoms with Gasteiger partial charge >= 0.3 is 0 Å². The Hall–Kier alpha value is -1.34. The van der Waals surface area contributed by atoms with Gasteiger partial charge in [-0.1, -0.05) is 44.2 Å². The van der Waals surface area contributed by atoms with E-state index in [-0.39, 0.29) is 5.41 Å². The van der Waals surface area contributed by atoms with Gasteiger partial charge in [0.1, 0.15) is 0 Å². The van der Waals surface area contributed by atoms with Gasteiger partial charge in [-0.3, -0.25) is 0 Å². The quantitative estimate of drug-likeness (QED) is 0.870. The van der Waals surface area contributed by atoms with Crippen LogP contribution in [-0.2, 0) is 18.3 Å². The molecule has 0 heterocycles. The van der Waals surface area contributed by atoms with Crippen LogP contribution in [0.15, 0.2) is 30.3 Å². The van der Waals surface area contributed by atoms with Crippen LogP contribution in [0.2, 0.25) is 0 Å². The van der Waals surface area contributed by atoms with E-state index < -0.39 is 0 Å². The topological polar surface area (TPSA) is 26.0 Å². The van der Waals surface area contributed by atoms with E-state index in [1.807, 2.05) is 0 Å². The third-order valence-electron chi connectivity index (χ3n) is 4.38. The first-order chi connectivity index (χ1) is 8.63. The molecular formula is C17H21N. The van der Waals surface area contributed by atoms with Gasteiger partial charge in [-0.2, -0.15) is 0 Å². The van der Waals surface area contributed by atoms with Gasteiger partial charge in [-0.05, 0) is 58.7 Å². The van der Waals surface area contributed by atoms with Gasteiger partial charge in [0.25, 0.3) is 0 Å². The van der Waals surface area contributed by atoms with Gasteiger partial charge in [0.2, 0.25) is 0 Å². The largest absolute Gasteiger partial charge is 0.330 e. The second-order valence-electron chi connectivity index (χ2n) is 6.03. The molecule has 1 heteroatoms. The summed E-state index contributed by atoms with van der Waals surface area (Å²) < 4.78 is 0. The monoisotopic (exact) mass is 239 g/mol. The van der Waals surface area contributed by atoms with Crippen LogP contribution < -0.4 is 5.73 Å². The molecule has 94 valence electrons. The maximum absolute atomic E-state index is 5.77. The molecule has 0 radical (unpaired) electrons. The number of aryl methyl sites for hydroxylation is 2. The van der Waals surface area contributed by atoms with Gasteiger partial charge in [0, 0.05) is 0 Å². The van der Waals surface area contributed by atoms with Gasteiger partial charge in [-0.25, -0.2) is 0 Å². The molecule has 0 saturated carbocycles. The minimum absolute atomic E-state index is 0.161. The highest BCUT2D eigenvalue weighted by atomic mass is 14.5. The number of hydrogen-bond donors (Lipinski definition) is 1. The number of hydrogen-bond acceptors (Lipinski definition) is 1. The fourth-order valence-electron chi connectivity index (χ4n) is 3.33. The Bertz CT molecular complexity index is 586. The second-order valence-corrected chi connectivity index (χ2v) is 6.03. The maximum atomic E-state index is 5.77. The van der Waals surface area contributed by atoms with Crippen LogP contribution in [0.3, 0.4) is 0 Å². The summed E-state index contributed by atoms with van der Waals surface area (Å²) in [4.78, 5) is 0. The number of benzene rings is 2. The fourth-order valence-corrected chi connectivity index (χ4v) is 3.33. The molecular weight excluding hydrogens is 218 g/mol. The molecule has 0 amide bonds. The van der Waals surface area contributed by atoms with Crippen molar-refractivity contribution in [3.63, 3.8) is 0 Å². The predicted octanol–water partition coefficient (Wildman–Crippen LogP) is 3.56. The molecule has 0 bridgehead atoms. The van der Waals surface area contributed by atoms with Crippen LogP contribution in [0.5, 0.6) is 0 Å². The summed E-state index contributed by atoms with van der Waals surface area (Å²) in [6, 6.07) is 11.4. The fraction of sp³-hybridized carbons (Fsp3) is 0.412. The third kappa shape index (κ3) is 1.65. The van der Waals surface area contributed by atoms with E-state index in [9.17, 15) is 0 Å².